The van der Waals surface area contributed by atoms with Crippen molar-refractivity contribution in [1.29, 1.82) is 0 Å². The fourth-order valence-electron chi connectivity index (χ4n) is 2.59. The SMILES string of the molecule is CCCN(C1CCNCC1)S(=O)(=O)c1ccccc1F.Cl. The van der Waals surface area contributed by atoms with Crippen LogP contribution >= 0.6 is 12.4 Å². The van der Waals surface area contributed by atoms with Crippen molar-refractivity contribution in [3.8, 4) is 0 Å². The van der Waals surface area contributed by atoms with Gasteiger partial charge in [0, 0.05) is 12.6 Å². The summed E-state index contributed by atoms with van der Waals surface area (Å²) in [6.45, 7) is 3.97. The topological polar surface area (TPSA) is 49.4 Å². The van der Waals surface area contributed by atoms with Gasteiger partial charge >= 0.3 is 0 Å². The third-order valence-electron chi connectivity index (χ3n) is 3.58. The lowest BCUT2D eigenvalue weighted by Crippen LogP contribution is -2.46. The minimum atomic E-state index is -3.76. The van der Waals surface area contributed by atoms with E-state index >= 15 is 0 Å². The second-order valence-electron chi connectivity index (χ2n) is 5.03. The number of halogens is 2. The van der Waals surface area contributed by atoms with Crippen LogP contribution in [0.5, 0.6) is 0 Å². The first-order valence-corrected chi connectivity index (χ1v) is 8.48. The molecule has 1 aliphatic heterocycles. The Morgan fingerprint density at radius 1 is 1.29 bits per heavy atom. The summed E-state index contributed by atoms with van der Waals surface area (Å²) in [5.74, 6) is -0.678. The normalized spacial score (nSPS) is 16.7. The van der Waals surface area contributed by atoms with Crippen LogP contribution in [0.1, 0.15) is 26.2 Å². The molecule has 1 saturated heterocycles. The van der Waals surface area contributed by atoms with Crippen molar-refractivity contribution in [2.45, 2.75) is 37.1 Å². The van der Waals surface area contributed by atoms with Crippen LogP contribution in [0, 0.1) is 5.82 Å². The van der Waals surface area contributed by atoms with Gasteiger partial charge in [-0.25, -0.2) is 12.8 Å². The molecule has 0 amide bonds. The zero-order valence-electron chi connectivity index (χ0n) is 12.1. The van der Waals surface area contributed by atoms with Gasteiger partial charge in [-0.3, -0.25) is 0 Å². The van der Waals surface area contributed by atoms with Gasteiger partial charge in [-0.05, 0) is 44.5 Å². The average molecular weight is 337 g/mol. The molecule has 0 atom stereocenters. The molecule has 0 aromatic heterocycles. The molecule has 120 valence electrons. The summed E-state index contributed by atoms with van der Waals surface area (Å²) in [5.41, 5.74) is 0. The monoisotopic (exact) mass is 336 g/mol. The number of piperidine rings is 1. The van der Waals surface area contributed by atoms with Crippen molar-refractivity contribution in [1.82, 2.24) is 9.62 Å². The van der Waals surface area contributed by atoms with Crippen LogP contribution in [-0.2, 0) is 10.0 Å². The van der Waals surface area contributed by atoms with Crippen LogP contribution < -0.4 is 5.32 Å². The lowest BCUT2D eigenvalue weighted by atomic mass is 10.1. The second kappa shape index (κ2) is 8.08. The van der Waals surface area contributed by atoms with E-state index in [1.165, 1.54) is 22.5 Å². The van der Waals surface area contributed by atoms with Crippen LogP contribution in [0.25, 0.3) is 0 Å². The molecule has 1 N–H and O–H groups in total. The van der Waals surface area contributed by atoms with Crippen molar-refractivity contribution in [2.24, 2.45) is 0 Å². The highest BCUT2D eigenvalue weighted by Crippen LogP contribution is 2.24. The third kappa shape index (κ3) is 4.16. The molecule has 21 heavy (non-hydrogen) atoms. The van der Waals surface area contributed by atoms with E-state index in [9.17, 15) is 12.8 Å². The number of hydrogen-bond donors (Lipinski definition) is 1. The van der Waals surface area contributed by atoms with Crippen LogP contribution in [0.2, 0.25) is 0 Å². The molecule has 1 aromatic carbocycles. The summed E-state index contributed by atoms with van der Waals surface area (Å²) in [6, 6.07) is 5.56. The fourth-order valence-corrected chi connectivity index (χ4v) is 4.44. The van der Waals surface area contributed by atoms with Gasteiger partial charge in [-0.1, -0.05) is 19.1 Å². The maximum atomic E-state index is 13.8. The van der Waals surface area contributed by atoms with Gasteiger partial charge in [-0.2, -0.15) is 4.31 Å². The van der Waals surface area contributed by atoms with Gasteiger partial charge < -0.3 is 5.32 Å². The van der Waals surface area contributed by atoms with Crippen LogP contribution in [0.15, 0.2) is 29.2 Å². The van der Waals surface area contributed by atoms with Gasteiger partial charge in [0.25, 0.3) is 0 Å². The van der Waals surface area contributed by atoms with Gasteiger partial charge in [0.1, 0.15) is 10.7 Å². The molecular formula is C14H22ClFN2O2S. The van der Waals surface area contributed by atoms with Gasteiger partial charge in [0.2, 0.25) is 10.0 Å². The number of nitrogens with zero attached hydrogens (tertiary/aromatic N) is 1. The first kappa shape index (κ1) is 18.4. The summed E-state index contributed by atoms with van der Waals surface area (Å²) in [7, 11) is -3.76. The number of hydrogen-bond acceptors (Lipinski definition) is 3. The van der Waals surface area contributed by atoms with E-state index < -0.39 is 15.8 Å². The number of benzene rings is 1. The first-order chi connectivity index (χ1) is 9.57. The molecule has 0 unspecified atom stereocenters. The minimum absolute atomic E-state index is 0. The maximum absolute atomic E-state index is 13.8. The smallest absolute Gasteiger partial charge is 0.246 e. The Balaban J connectivity index is 0.00000220. The van der Waals surface area contributed by atoms with Crippen molar-refractivity contribution >= 4 is 22.4 Å². The number of rotatable bonds is 5. The Morgan fingerprint density at radius 3 is 2.48 bits per heavy atom. The zero-order valence-corrected chi connectivity index (χ0v) is 13.7. The Morgan fingerprint density at radius 2 is 1.90 bits per heavy atom. The Hall–Kier alpha value is -0.690. The lowest BCUT2D eigenvalue weighted by Gasteiger charge is -2.33. The second-order valence-corrected chi connectivity index (χ2v) is 6.89. The molecule has 1 aliphatic rings. The summed E-state index contributed by atoms with van der Waals surface area (Å²) in [5, 5.41) is 3.22. The van der Waals surface area contributed by atoms with E-state index in [-0.39, 0.29) is 23.3 Å². The summed E-state index contributed by atoms with van der Waals surface area (Å²) in [4.78, 5) is -0.216. The molecule has 0 aliphatic carbocycles. The van der Waals surface area contributed by atoms with E-state index in [1.54, 1.807) is 6.07 Å². The van der Waals surface area contributed by atoms with Crippen LogP contribution in [0.3, 0.4) is 0 Å². The van der Waals surface area contributed by atoms with Gasteiger partial charge in [0.15, 0.2) is 0 Å². The predicted molar refractivity (Wildman–Crippen MR) is 83.7 cm³/mol. The molecule has 2 rings (SSSR count). The molecule has 1 heterocycles. The van der Waals surface area contributed by atoms with Gasteiger partial charge in [0.05, 0.1) is 0 Å². The van der Waals surface area contributed by atoms with E-state index in [1.807, 2.05) is 6.92 Å². The quantitative estimate of drug-likeness (QED) is 0.898. The number of nitrogens with one attached hydrogen (secondary N) is 1. The summed E-state index contributed by atoms with van der Waals surface area (Å²) in [6.07, 6.45) is 2.26. The lowest BCUT2D eigenvalue weighted by molar-refractivity contribution is 0.261. The molecular weight excluding hydrogens is 315 g/mol. The summed E-state index contributed by atoms with van der Waals surface area (Å²) < 4.78 is 40.7. The Labute approximate surface area is 132 Å². The van der Waals surface area contributed by atoms with E-state index in [0.717, 1.165) is 32.4 Å². The van der Waals surface area contributed by atoms with E-state index in [0.29, 0.717) is 6.54 Å². The Bertz CT molecular complexity index is 548. The fraction of sp³-hybridized carbons (Fsp3) is 0.571. The molecule has 1 fully saturated rings. The minimum Gasteiger partial charge on any atom is -0.317 e. The highest BCUT2D eigenvalue weighted by molar-refractivity contribution is 7.89. The number of sulfonamides is 1. The van der Waals surface area contributed by atoms with Crippen LogP contribution in [-0.4, -0.2) is 38.4 Å². The Kier molecular flexibility index (Phi) is 7.06. The zero-order chi connectivity index (χ0) is 14.6. The molecule has 0 saturated carbocycles. The largest absolute Gasteiger partial charge is 0.317 e. The first-order valence-electron chi connectivity index (χ1n) is 7.04. The van der Waals surface area contributed by atoms with Gasteiger partial charge in [-0.15, -0.1) is 12.4 Å². The molecule has 7 heteroatoms. The third-order valence-corrected chi connectivity index (χ3v) is 5.57. The van der Waals surface area contributed by atoms with Crippen molar-refractivity contribution in [2.75, 3.05) is 19.6 Å². The standard InChI is InChI=1S/C14H21FN2O2S.ClH/c1-2-11-17(12-7-9-16-10-8-12)20(18,19)14-6-4-3-5-13(14)15;/h3-6,12,16H,2,7-11H2,1H3;1H. The molecule has 0 radical (unpaired) electrons. The van der Waals surface area contributed by atoms with Crippen molar-refractivity contribution < 1.29 is 12.8 Å². The maximum Gasteiger partial charge on any atom is 0.246 e. The molecule has 0 spiro atoms. The van der Waals surface area contributed by atoms with E-state index in [4.69, 9.17) is 0 Å². The summed E-state index contributed by atoms with van der Waals surface area (Å²) >= 11 is 0. The predicted octanol–water partition coefficient (Wildman–Crippen LogP) is 2.40. The highest BCUT2D eigenvalue weighted by atomic mass is 35.5. The van der Waals surface area contributed by atoms with Crippen molar-refractivity contribution in [3.63, 3.8) is 0 Å². The molecule has 4 nitrogen and oxygen atoms in total. The van der Waals surface area contributed by atoms with Crippen LogP contribution in [0.4, 0.5) is 4.39 Å². The molecule has 1 aromatic rings. The van der Waals surface area contributed by atoms with Crippen molar-refractivity contribution in [3.05, 3.63) is 30.1 Å². The highest BCUT2D eigenvalue weighted by Gasteiger charge is 2.33. The average Bonchev–Trinajstić information content (AvgIpc) is 2.45. The van der Waals surface area contributed by atoms with E-state index in [2.05, 4.69) is 5.32 Å². The molecule has 0 bridgehead atoms.